The van der Waals surface area contributed by atoms with Gasteiger partial charge >= 0.3 is 0 Å². The van der Waals surface area contributed by atoms with E-state index in [0.717, 1.165) is 55.1 Å². The van der Waals surface area contributed by atoms with E-state index in [-0.39, 0.29) is 5.82 Å². The first kappa shape index (κ1) is 23.5. The number of fused-ring (bicyclic) bond motifs is 4. The molecular weight excluding hydrogens is 455 g/mol. The Hall–Kier alpha value is -2.90. The van der Waals surface area contributed by atoms with Gasteiger partial charge in [-0.3, -0.25) is 4.90 Å². The number of furan rings is 1. The van der Waals surface area contributed by atoms with Crippen LogP contribution >= 0.6 is 0 Å². The topological polar surface area (TPSA) is 53.8 Å². The molecule has 0 radical (unpaired) electrons. The SMILES string of the molecule is Fc1ccc2oc3c(NCCN4CCCC4)c4cc(OCCN5CCCCCC5)ccc4nc3c2c1. The number of nitrogens with zero attached hydrogens (tertiary/aromatic N) is 3. The van der Waals surface area contributed by atoms with Crippen LogP contribution in [0.15, 0.2) is 40.8 Å². The van der Waals surface area contributed by atoms with Gasteiger partial charge in [-0.25, -0.2) is 9.37 Å². The van der Waals surface area contributed by atoms with Crippen LogP contribution in [0.4, 0.5) is 10.1 Å². The number of pyridine rings is 1. The maximum absolute atomic E-state index is 14.0. The van der Waals surface area contributed by atoms with E-state index in [1.54, 1.807) is 6.07 Å². The van der Waals surface area contributed by atoms with Crippen LogP contribution in [0.2, 0.25) is 0 Å². The quantitative estimate of drug-likeness (QED) is 0.325. The summed E-state index contributed by atoms with van der Waals surface area (Å²) in [6.07, 6.45) is 7.79. The lowest BCUT2D eigenvalue weighted by Gasteiger charge is -2.20. The molecule has 0 spiro atoms. The normalized spacial score (nSPS) is 17.8. The lowest BCUT2D eigenvalue weighted by Crippen LogP contribution is -2.29. The van der Waals surface area contributed by atoms with Crippen molar-refractivity contribution in [2.75, 3.05) is 57.7 Å². The van der Waals surface area contributed by atoms with Crippen LogP contribution in [0.3, 0.4) is 0 Å². The van der Waals surface area contributed by atoms with Crippen LogP contribution in [-0.2, 0) is 0 Å². The summed E-state index contributed by atoms with van der Waals surface area (Å²) >= 11 is 0. The van der Waals surface area contributed by atoms with Crippen LogP contribution < -0.4 is 10.1 Å². The Morgan fingerprint density at radius 3 is 2.42 bits per heavy atom. The zero-order valence-corrected chi connectivity index (χ0v) is 20.9. The molecule has 190 valence electrons. The minimum atomic E-state index is -0.288. The molecule has 2 saturated heterocycles. The van der Waals surface area contributed by atoms with Crippen molar-refractivity contribution in [2.24, 2.45) is 0 Å². The minimum absolute atomic E-state index is 0.288. The van der Waals surface area contributed by atoms with Crippen molar-refractivity contribution in [1.29, 1.82) is 0 Å². The minimum Gasteiger partial charge on any atom is -0.492 e. The van der Waals surface area contributed by atoms with Crippen molar-refractivity contribution in [2.45, 2.75) is 38.5 Å². The summed E-state index contributed by atoms with van der Waals surface area (Å²) in [5.74, 6) is 0.548. The third kappa shape index (κ3) is 5.00. The zero-order chi connectivity index (χ0) is 24.3. The number of anilines is 1. The molecule has 4 heterocycles. The number of halogens is 1. The summed E-state index contributed by atoms with van der Waals surface area (Å²) in [7, 11) is 0. The molecule has 6 nitrogen and oxygen atoms in total. The lowest BCUT2D eigenvalue weighted by molar-refractivity contribution is 0.214. The fourth-order valence-electron chi connectivity index (χ4n) is 5.66. The number of benzene rings is 2. The highest BCUT2D eigenvalue weighted by molar-refractivity contribution is 6.14. The van der Waals surface area contributed by atoms with E-state index >= 15 is 0 Å². The van der Waals surface area contributed by atoms with E-state index in [2.05, 4.69) is 21.2 Å². The number of rotatable bonds is 8. The number of nitrogens with one attached hydrogen (secondary N) is 1. The molecule has 1 N–H and O–H groups in total. The number of ether oxygens (including phenoxy) is 1. The van der Waals surface area contributed by atoms with E-state index in [1.807, 2.05) is 12.1 Å². The van der Waals surface area contributed by atoms with Gasteiger partial charge in [0.15, 0.2) is 5.58 Å². The van der Waals surface area contributed by atoms with Gasteiger partial charge in [0, 0.05) is 30.4 Å². The molecule has 7 heteroatoms. The highest BCUT2D eigenvalue weighted by Gasteiger charge is 2.18. The Morgan fingerprint density at radius 2 is 1.61 bits per heavy atom. The Morgan fingerprint density at radius 1 is 0.861 bits per heavy atom. The van der Waals surface area contributed by atoms with Crippen LogP contribution in [-0.4, -0.2) is 67.2 Å². The van der Waals surface area contributed by atoms with Crippen molar-refractivity contribution in [3.05, 3.63) is 42.2 Å². The van der Waals surface area contributed by atoms with Gasteiger partial charge in [0.1, 0.15) is 29.3 Å². The smallest absolute Gasteiger partial charge is 0.177 e. The third-order valence-electron chi connectivity index (χ3n) is 7.62. The van der Waals surface area contributed by atoms with Gasteiger partial charge in [0.05, 0.1) is 11.2 Å². The first-order valence-corrected chi connectivity index (χ1v) is 13.5. The molecule has 2 aromatic carbocycles. The highest BCUT2D eigenvalue weighted by Crippen LogP contribution is 2.38. The van der Waals surface area contributed by atoms with Gasteiger partial charge in [0.2, 0.25) is 0 Å². The molecule has 2 aliphatic rings. The molecule has 2 aromatic heterocycles. The molecule has 0 atom stereocenters. The maximum Gasteiger partial charge on any atom is 0.177 e. The maximum atomic E-state index is 14.0. The molecule has 4 aromatic rings. The van der Waals surface area contributed by atoms with Crippen molar-refractivity contribution in [3.8, 4) is 5.75 Å². The molecule has 6 rings (SSSR count). The molecule has 0 aliphatic carbocycles. The Labute approximate surface area is 211 Å². The molecule has 2 aliphatic heterocycles. The van der Waals surface area contributed by atoms with Gasteiger partial charge in [-0.2, -0.15) is 0 Å². The largest absolute Gasteiger partial charge is 0.492 e. The number of likely N-dealkylation sites (tertiary alicyclic amines) is 2. The molecule has 0 unspecified atom stereocenters. The first-order valence-electron chi connectivity index (χ1n) is 13.5. The highest BCUT2D eigenvalue weighted by atomic mass is 19.1. The Balaban J connectivity index is 1.30. The van der Waals surface area contributed by atoms with E-state index in [0.29, 0.717) is 28.7 Å². The zero-order valence-electron chi connectivity index (χ0n) is 20.9. The fraction of sp³-hybridized carbons (Fsp3) is 0.483. The second kappa shape index (κ2) is 10.6. The van der Waals surface area contributed by atoms with Gasteiger partial charge in [0.25, 0.3) is 0 Å². The van der Waals surface area contributed by atoms with Crippen molar-refractivity contribution in [3.63, 3.8) is 0 Å². The van der Waals surface area contributed by atoms with Crippen LogP contribution in [0.1, 0.15) is 38.5 Å². The lowest BCUT2D eigenvalue weighted by atomic mass is 10.1. The summed E-state index contributed by atoms with van der Waals surface area (Å²) in [4.78, 5) is 9.88. The predicted molar refractivity (Wildman–Crippen MR) is 144 cm³/mol. The summed E-state index contributed by atoms with van der Waals surface area (Å²) in [5, 5.41) is 5.31. The molecular formula is C29H35FN4O2. The first-order chi connectivity index (χ1) is 17.7. The monoisotopic (exact) mass is 490 g/mol. The van der Waals surface area contributed by atoms with Gasteiger partial charge in [-0.1, -0.05) is 12.8 Å². The number of hydrogen-bond donors (Lipinski definition) is 1. The predicted octanol–water partition coefficient (Wildman–Crippen LogP) is 6.04. The summed E-state index contributed by atoms with van der Waals surface area (Å²) < 4.78 is 26.5. The molecule has 0 saturated carbocycles. The molecule has 0 bridgehead atoms. The van der Waals surface area contributed by atoms with Gasteiger partial charge in [-0.15, -0.1) is 0 Å². The van der Waals surface area contributed by atoms with E-state index in [9.17, 15) is 4.39 Å². The van der Waals surface area contributed by atoms with Crippen LogP contribution in [0.25, 0.3) is 33.0 Å². The van der Waals surface area contributed by atoms with E-state index in [1.165, 1.54) is 63.7 Å². The van der Waals surface area contributed by atoms with Crippen molar-refractivity contribution in [1.82, 2.24) is 14.8 Å². The summed E-state index contributed by atoms with van der Waals surface area (Å²) in [6, 6.07) is 10.7. The molecule has 36 heavy (non-hydrogen) atoms. The molecule has 0 amide bonds. The number of aromatic nitrogens is 1. The van der Waals surface area contributed by atoms with E-state index in [4.69, 9.17) is 14.1 Å². The summed E-state index contributed by atoms with van der Waals surface area (Å²) in [5.41, 5.74) is 3.76. The molecule has 2 fully saturated rings. The van der Waals surface area contributed by atoms with Crippen molar-refractivity contribution < 1.29 is 13.5 Å². The summed E-state index contributed by atoms with van der Waals surface area (Å²) in [6.45, 7) is 8.06. The Kier molecular flexibility index (Phi) is 6.92. The second-order valence-electron chi connectivity index (χ2n) is 10.2. The van der Waals surface area contributed by atoms with Crippen molar-refractivity contribution >= 4 is 38.7 Å². The van der Waals surface area contributed by atoms with Crippen LogP contribution in [0, 0.1) is 5.82 Å². The Bertz CT molecular complexity index is 1340. The average molecular weight is 491 g/mol. The second-order valence-corrected chi connectivity index (χ2v) is 10.2. The number of hydrogen-bond acceptors (Lipinski definition) is 6. The average Bonchev–Trinajstić information content (AvgIpc) is 3.44. The van der Waals surface area contributed by atoms with Crippen LogP contribution in [0.5, 0.6) is 5.75 Å². The third-order valence-corrected chi connectivity index (χ3v) is 7.62. The van der Waals surface area contributed by atoms with Gasteiger partial charge in [-0.05, 0) is 88.3 Å². The van der Waals surface area contributed by atoms with E-state index < -0.39 is 0 Å². The standard InChI is InChI=1S/C29H35FN4O2/c30-21-7-10-26-24(19-21)28-29(36-26)27(31-11-16-33-14-5-6-15-33)23-20-22(8-9-25(23)32-28)35-18-17-34-12-3-1-2-4-13-34/h7-10,19-20H,1-6,11-18H2,(H,31,32). The fourth-order valence-corrected chi connectivity index (χ4v) is 5.66. The van der Waals surface area contributed by atoms with Gasteiger partial charge < -0.3 is 19.4 Å².